The van der Waals surface area contributed by atoms with E-state index in [1.54, 1.807) is 7.11 Å². The van der Waals surface area contributed by atoms with Crippen LogP contribution in [0.2, 0.25) is 0 Å². The minimum atomic E-state index is -0.323. The van der Waals surface area contributed by atoms with Crippen LogP contribution in [0.3, 0.4) is 0 Å². The molecule has 7 heteroatoms. The number of nitrogens with one attached hydrogen (secondary N) is 1. The maximum Gasteiger partial charge on any atom is 0.323 e. The van der Waals surface area contributed by atoms with Crippen LogP contribution in [0.5, 0.6) is 5.75 Å². The molecule has 39 heavy (non-hydrogen) atoms. The molecule has 3 heterocycles. The maximum absolute atomic E-state index is 14.2. The lowest BCUT2D eigenvalue weighted by atomic mass is 10.0. The van der Waals surface area contributed by atoms with Crippen molar-refractivity contribution in [2.45, 2.75) is 32.9 Å². The summed E-state index contributed by atoms with van der Waals surface area (Å²) < 4.78 is 9.72. The van der Waals surface area contributed by atoms with Gasteiger partial charge in [-0.15, -0.1) is 0 Å². The van der Waals surface area contributed by atoms with Crippen LogP contribution in [0.25, 0.3) is 11.5 Å². The molecule has 2 amide bonds. The molecule has 3 aromatic carbocycles. The van der Waals surface area contributed by atoms with Crippen LogP contribution in [0.1, 0.15) is 41.0 Å². The summed E-state index contributed by atoms with van der Waals surface area (Å²) in [5, 5.41) is 8.16. The van der Waals surface area contributed by atoms with Gasteiger partial charge in [0, 0.05) is 11.8 Å². The number of fused-ring (bicyclic) bond motifs is 3. The van der Waals surface area contributed by atoms with Crippen molar-refractivity contribution in [1.82, 2.24) is 19.2 Å². The van der Waals surface area contributed by atoms with E-state index in [0.29, 0.717) is 18.0 Å². The molecule has 0 fully saturated rings. The second-order valence-electron chi connectivity index (χ2n) is 9.72. The highest BCUT2D eigenvalue weighted by Gasteiger charge is 2.36. The molecule has 0 bridgehead atoms. The number of urea groups is 1. The first-order chi connectivity index (χ1) is 19.1. The van der Waals surface area contributed by atoms with Gasteiger partial charge in [0.1, 0.15) is 11.6 Å². The molecule has 0 radical (unpaired) electrons. The minimum absolute atomic E-state index is 0.208. The number of anilines is 1. The summed E-state index contributed by atoms with van der Waals surface area (Å²) in [5.74, 6) is 1.57. The summed E-state index contributed by atoms with van der Waals surface area (Å²) in [6, 6.07) is 29.7. The zero-order valence-electron chi connectivity index (χ0n) is 22.3. The van der Waals surface area contributed by atoms with E-state index in [4.69, 9.17) is 9.84 Å². The van der Waals surface area contributed by atoms with E-state index in [2.05, 4.69) is 72.4 Å². The smallest absolute Gasteiger partial charge is 0.323 e. The average Bonchev–Trinajstić information content (AvgIpc) is 3.55. The van der Waals surface area contributed by atoms with Gasteiger partial charge < -0.3 is 19.5 Å². The highest BCUT2D eigenvalue weighted by molar-refractivity contribution is 5.91. The Morgan fingerprint density at radius 1 is 0.974 bits per heavy atom. The SMILES string of the molecule is CCc1nn(-c2ccccc2)c2c1CN(C(=O)Nc1ccccc1OC)[C@H](c1ccc(C)cc1)c1cccn1-2. The highest BCUT2D eigenvalue weighted by Crippen LogP contribution is 2.39. The van der Waals surface area contributed by atoms with E-state index < -0.39 is 0 Å². The minimum Gasteiger partial charge on any atom is -0.495 e. The molecule has 7 nitrogen and oxygen atoms in total. The van der Waals surface area contributed by atoms with Crippen LogP contribution < -0.4 is 10.1 Å². The van der Waals surface area contributed by atoms with E-state index in [1.807, 2.05) is 58.1 Å². The Labute approximate surface area is 228 Å². The number of para-hydroxylation sites is 3. The number of hydrogen-bond donors (Lipinski definition) is 1. The molecule has 0 unspecified atom stereocenters. The van der Waals surface area contributed by atoms with Gasteiger partial charge in [-0.05, 0) is 55.3 Å². The molecular weight excluding hydrogens is 486 g/mol. The fourth-order valence-corrected chi connectivity index (χ4v) is 5.38. The lowest BCUT2D eigenvalue weighted by Crippen LogP contribution is -2.38. The summed E-state index contributed by atoms with van der Waals surface area (Å²) in [5.41, 5.74) is 6.81. The van der Waals surface area contributed by atoms with E-state index in [0.717, 1.165) is 40.4 Å². The predicted octanol–water partition coefficient (Wildman–Crippen LogP) is 6.68. The standard InChI is InChI=1S/C32H31N5O2/c1-4-26-25-21-36(32(38)33-27-13-8-9-15-29(27)39-3)30(23-18-16-22(2)17-19-23)28-14-10-20-35(28)31(25)37(34-26)24-11-6-5-7-12-24/h5-20,30H,4,21H2,1-3H3,(H,33,38)/t30-/m1/s1. The quantitative estimate of drug-likeness (QED) is 0.283. The molecule has 1 atom stereocenters. The van der Waals surface area contributed by atoms with Crippen molar-refractivity contribution in [2.75, 3.05) is 12.4 Å². The number of aromatic nitrogens is 3. The number of carbonyl (C=O) groups is 1. The van der Waals surface area contributed by atoms with Crippen LogP contribution in [0.15, 0.2) is 97.2 Å². The number of aryl methyl sites for hydroxylation is 2. The maximum atomic E-state index is 14.2. The van der Waals surface area contributed by atoms with Gasteiger partial charge in [0.25, 0.3) is 0 Å². The fraction of sp³-hybridized carbons (Fsp3) is 0.188. The molecule has 2 aromatic heterocycles. The molecule has 1 N–H and O–H groups in total. The van der Waals surface area contributed by atoms with Crippen LogP contribution in [-0.4, -0.2) is 32.4 Å². The summed E-state index contributed by atoms with van der Waals surface area (Å²) in [6.45, 7) is 4.58. The van der Waals surface area contributed by atoms with Crippen LogP contribution >= 0.6 is 0 Å². The third kappa shape index (κ3) is 4.36. The van der Waals surface area contributed by atoms with E-state index >= 15 is 0 Å². The number of rotatable bonds is 5. The van der Waals surface area contributed by atoms with Crippen molar-refractivity contribution in [2.24, 2.45) is 0 Å². The van der Waals surface area contributed by atoms with Gasteiger partial charge in [-0.1, -0.05) is 67.1 Å². The number of carbonyl (C=O) groups excluding carboxylic acids is 1. The third-order valence-electron chi connectivity index (χ3n) is 7.31. The van der Waals surface area contributed by atoms with Gasteiger partial charge in [-0.3, -0.25) is 0 Å². The average molecular weight is 518 g/mol. The zero-order chi connectivity index (χ0) is 26.9. The number of methoxy groups -OCH3 is 1. The first-order valence-electron chi connectivity index (χ1n) is 13.2. The van der Waals surface area contributed by atoms with E-state index in [1.165, 1.54) is 5.56 Å². The Bertz CT molecular complexity index is 1620. The van der Waals surface area contributed by atoms with Crippen LogP contribution in [0.4, 0.5) is 10.5 Å². The zero-order valence-corrected chi connectivity index (χ0v) is 22.3. The first kappa shape index (κ1) is 24.6. The lowest BCUT2D eigenvalue weighted by molar-refractivity contribution is 0.194. The molecular formula is C32H31N5O2. The largest absolute Gasteiger partial charge is 0.495 e. The molecule has 1 aliphatic heterocycles. The number of ether oxygens (including phenoxy) is 1. The second kappa shape index (κ2) is 10.2. The molecule has 0 spiro atoms. The number of nitrogens with zero attached hydrogens (tertiary/aromatic N) is 4. The summed E-state index contributed by atoms with van der Waals surface area (Å²) in [7, 11) is 1.61. The Kier molecular flexibility index (Phi) is 6.40. The van der Waals surface area contributed by atoms with Crippen molar-refractivity contribution in [1.29, 1.82) is 0 Å². The molecule has 196 valence electrons. The summed E-state index contributed by atoms with van der Waals surface area (Å²) >= 11 is 0. The number of amides is 2. The van der Waals surface area contributed by atoms with Crippen molar-refractivity contribution in [3.05, 3.63) is 125 Å². The Morgan fingerprint density at radius 2 is 1.72 bits per heavy atom. The Hall–Kier alpha value is -4.78. The molecule has 0 aliphatic carbocycles. The topological polar surface area (TPSA) is 64.3 Å². The highest BCUT2D eigenvalue weighted by atomic mass is 16.5. The molecule has 6 rings (SSSR count). The second-order valence-corrected chi connectivity index (χ2v) is 9.72. The van der Waals surface area contributed by atoms with Gasteiger partial charge in [0.2, 0.25) is 0 Å². The summed E-state index contributed by atoms with van der Waals surface area (Å²) in [4.78, 5) is 16.1. The van der Waals surface area contributed by atoms with Crippen molar-refractivity contribution in [3.8, 4) is 17.3 Å². The Morgan fingerprint density at radius 3 is 2.46 bits per heavy atom. The Balaban J connectivity index is 1.55. The molecule has 0 saturated carbocycles. The first-order valence-corrected chi connectivity index (χ1v) is 13.2. The van der Waals surface area contributed by atoms with Crippen molar-refractivity contribution >= 4 is 11.7 Å². The molecule has 5 aromatic rings. The molecule has 0 saturated heterocycles. The lowest BCUT2D eigenvalue weighted by Gasteiger charge is -2.31. The predicted molar refractivity (Wildman–Crippen MR) is 153 cm³/mol. The molecule has 1 aliphatic rings. The fourth-order valence-electron chi connectivity index (χ4n) is 5.38. The van der Waals surface area contributed by atoms with Gasteiger partial charge in [-0.2, -0.15) is 5.10 Å². The van der Waals surface area contributed by atoms with Gasteiger partial charge in [0.05, 0.1) is 42.5 Å². The number of benzene rings is 3. The third-order valence-corrected chi connectivity index (χ3v) is 7.31. The summed E-state index contributed by atoms with van der Waals surface area (Å²) in [6.07, 6.45) is 2.81. The van der Waals surface area contributed by atoms with Crippen molar-refractivity contribution in [3.63, 3.8) is 0 Å². The normalized spacial score (nSPS) is 14.3. The number of hydrogen-bond acceptors (Lipinski definition) is 3. The van der Waals surface area contributed by atoms with Gasteiger partial charge in [-0.25, -0.2) is 9.48 Å². The van der Waals surface area contributed by atoms with Gasteiger partial charge in [0.15, 0.2) is 0 Å². The van der Waals surface area contributed by atoms with Crippen LogP contribution in [-0.2, 0) is 13.0 Å². The van der Waals surface area contributed by atoms with Gasteiger partial charge >= 0.3 is 6.03 Å². The van der Waals surface area contributed by atoms with E-state index in [-0.39, 0.29) is 12.1 Å². The van der Waals surface area contributed by atoms with E-state index in [9.17, 15) is 4.79 Å². The van der Waals surface area contributed by atoms with Crippen molar-refractivity contribution < 1.29 is 9.53 Å². The monoisotopic (exact) mass is 517 g/mol. The van der Waals surface area contributed by atoms with Crippen LogP contribution in [0, 0.1) is 6.92 Å².